The summed E-state index contributed by atoms with van der Waals surface area (Å²) in [7, 11) is 0. The van der Waals surface area contributed by atoms with Crippen LogP contribution in [0.3, 0.4) is 0 Å². The lowest BCUT2D eigenvalue weighted by atomic mass is 9.77. The molecule has 2 aliphatic rings. The average Bonchev–Trinajstić information content (AvgIpc) is 2.36. The molecule has 0 radical (unpaired) electrons. The molecule has 1 aliphatic heterocycles. The van der Waals surface area contributed by atoms with Gasteiger partial charge in [0.25, 0.3) is 0 Å². The minimum Gasteiger partial charge on any atom is -0.308 e. The fourth-order valence-electron chi connectivity index (χ4n) is 3.32. The van der Waals surface area contributed by atoms with Gasteiger partial charge in [-0.05, 0) is 39.2 Å². The van der Waals surface area contributed by atoms with E-state index in [1.165, 1.54) is 44.2 Å². The van der Waals surface area contributed by atoms with Gasteiger partial charge < -0.3 is 5.32 Å². The lowest BCUT2D eigenvalue weighted by Gasteiger charge is -2.53. The van der Waals surface area contributed by atoms with Crippen molar-refractivity contribution in [3.05, 3.63) is 11.1 Å². The van der Waals surface area contributed by atoms with Crippen LogP contribution in [-0.4, -0.2) is 35.6 Å². The maximum absolute atomic E-state index is 5.84. The van der Waals surface area contributed by atoms with Gasteiger partial charge in [-0.15, -0.1) is 0 Å². The predicted octanol–water partition coefficient (Wildman–Crippen LogP) is 3.52. The SMILES string of the molecule is CC(=CCl)CN1CC2(CCCCC2)NCC1(C)C. The molecule has 0 aromatic carbocycles. The Bertz CT molecular complexity index is 316. The van der Waals surface area contributed by atoms with E-state index >= 15 is 0 Å². The number of nitrogens with one attached hydrogen (secondary N) is 1. The molecule has 0 unspecified atom stereocenters. The zero-order valence-electron chi connectivity index (χ0n) is 12.1. The summed E-state index contributed by atoms with van der Waals surface area (Å²) in [6.45, 7) is 10.0. The number of hydrogen-bond donors (Lipinski definition) is 1. The van der Waals surface area contributed by atoms with Gasteiger partial charge in [0.2, 0.25) is 0 Å². The van der Waals surface area contributed by atoms with Crippen molar-refractivity contribution < 1.29 is 0 Å². The lowest BCUT2D eigenvalue weighted by Crippen LogP contribution is -2.68. The molecule has 3 heteroatoms. The van der Waals surface area contributed by atoms with Crippen molar-refractivity contribution in [2.24, 2.45) is 0 Å². The molecule has 1 saturated heterocycles. The summed E-state index contributed by atoms with van der Waals surface area (Å²) >= 11 is 5.84. The molecule has 0 bridgehead atoms. The summed E-state index contributed by atoms with van der Waals surface area (Å²) in [5.41, 5.74) is 3.59. The molecule has 2 rings (SSSR count). The topological polar surface area (TPSA) is 15.3 Å². The fraction of sp³-hybridized carbons (Fsp3) is 0.867. The van der Waals surface area contributed by atoms with Crippen LogP contribution in [0.5, 0.6) is 0 Å². The lowest BCUT2D eigenvalue weighted by molar-refractivity contribution is 0.0177. The van der Waals surface area contributed by atoms with Crippen LogP contribution in [-0.2, 0) is 0 Å². The second-order valence-corrected chi connectivity index (χ2v) is 7.04. The number of halogens is 1. The van der Waals surface area contributed by atoms with Crippen LogP contribution in [0.1, 0.15) is 52.9 Å². The first-order chi connectivity index (χ1) is 8.47. The van der Waals surface area contributed by atoms with Crippen LogP contribution in [0.15, 0.2) is 11.1 Å². The maximum Gasteiger partial charge on any atom is 0.0309 e. The van der Waals surface area contributed by atoms with Crippen molar-refractivity contribution >= 4 is 11.6 Å². The summed E-state index contributed by atoms with van der Waals surface area (Å²) in [4.78, 5) is 2.61. The van der Waals surface area contributed by atoms with Gasteiger partial charge in [-0.1, -0.05) is 30.9 Å². The van der Waals surface area contributed by atoms with E-state index < -0.39 is 0 Å². The number of hydrogen-bond acceptors (Lipinski definition) is 2. The van der Waals surface area contributed by atoms with E-state index in [9.17, 15) is 0 Å². The van der Waals surface area contributed by atoms with Crippen molar-refractivity contribution in [1.82, 2.24) is 10.2 Å². The quantitative estimate of drug-likeness (QED) is 0.826. The Kier molecular flexibility index (Phi) is 4.40. The van der Waals surface area contributed by atoms with Gasteiger partial charge in [-0.3, -0.25) is 4.90 Å². The van der Waals surface area contributed by atoms with Crippen molar-refractivity contribution in [3.63, 3.8) is 0 Å². The molecular formula is C15H27ClN2. The third kappa shape index (κ3) is 3.09. The Hall–Kier alpha value is -0.0500. The third-order valence-corrected chi connectivity index (χ3v) is 5.06. The molecule has 1 saturated carbocycles. The molecule has 0 amide bonds. The molecule has 0 atom stereocenters. The van der Waals surface area contributed by atoms with Gasteiger partial charge in [0.1, 0.15) is 0 Å². The minimum absolute atomic E-state index is 0.226. The highest BCUT2D eigenvalue weighted by molar-refractivity contribution is 6.25. The predicted molar refractivity (Wildman–Crippen MR) is 79.1 cm³/mol. The first-order valence-electron chi connectivity index (χ1n) is 7.23. The molecule has 104 valence electrons. The Morgan fingerprint density at radius 1 is 1.28 bits per heavy atom. The summed E-state index contributed by atoms with van der Waals surface area (Å²) in [5.74, 6) is 0. The van der Waals surface area contributed by atoms with Crippen molar-refractivity contribution in [3.8, 4) is 0 Å². The van der Waals surface area contributed by atoms with E-state index in [0.29, 0.717) is 5.54 Å². The van der Waals surface area contributed by atoms with E-state index in [2.05, 4.69) is 31.0 Å². The highest BCUT2D eigenvalue weighted by Crippen LogP contribution is 2.34. The van der Waals surface area contributed by atoms with Crippen LogP contribution in [0.25, 0.3) is 0 Å². The average molecular weight is 271 g/mol. The van der Waals surface area contributed by atoms with Crippen molar-refractivity contribution in [2.75, 3.05) is 19.6 Å². The first kappa shape index (κ1) is 14.4. The summed E-state index contributed by atoms with van der Waals surface area (Å²) < 4.78 is 0. The van der Waals surface area contributed by atoms with Gasteiger partial charge >= 0.3 is 0 Å². The molecule has 18 heavy (non-hydrogen) atoms. The molecular weight excluding hydrogens is 244 g/mol. The smallest absolute Gasteiger partial charge is 0.0309 e. The normalized spacial score (nSPS) is 28.6. The third-order valence-electron chi connectivity index (χ3n) is 4.68. The highest BCUT2D eigenvalue weighted by Gasteiger charge is 2.42. The number of piperazine rings is 1. The van der Waals surface area contributed by atoms with Gasteiger partial charge in [0.05, 0.1) is 0 Å². The molecule has 0 aromatic rings. The molecule has 1 spiro atoms. The van der Waals surface area contributed by atoms with E-state index in [-0.39, 0.29) is 5.54 Å². The van der Waals surface area contributed by atoms with Crippen LogP contribution in [0.2, 0.25) is 0 Å². The molecule has 1 aliphatic carbocycles. The van der Waals surface area contributed by atoms with Gasteiger partial charge in [0, 0.05) is 36.2 Å². The van der Waals surface area contributed by atoms with E-state index in [0.717, 1.165) is 13.1 Å². The van der Waals surface area contributed by atoms with Crippen LogP contribution < -0.4 is 5.32 Å². The van der Waals surface area contributed by atoms with Gasteiger partial charge in [-0.25, -0.2) is 0 Å². The Labute approximate surface area is 117 Å². The Morgan fingerprint density at radius 3 is 2.56 bits per heavy atom. The first-order valence-corrected chi connectivity index (χ1v) is 7.67. The van der Waals surface area contributed by atoms with Crippen molar-refractivity contribution in [1.29, 1.82) is 0 Å². The van der Waals surface area contributed by atoms with E-state index in [4.69, 9.17) is 11.6 Å². The standard InChI is InChI=1S/C15H27ClN2/c1-13(9-16)10-18-12-15(7-5-4-6-8-15)17-11-14(18,2)3/h9,17H,4-8,10-12H2,1-3H3. The second kappa shape index (κ2) is 5.52. The summed E-state index contributed by atoms with van der Waals surface area (Å²) in [6.07, 6.45) is 6.84. The largest absolute Gasteiger partial charge is 0.308 e. The number of rotatable bonds is 2. The maximum atomic E-state index is 5.84. The van der Waals surface area contributed by atoms with Crippen molar-refractivity contribution in [2.45, 2.75) is 64.0 Å². The zero-order valence-corrected chi connectivity index (χ0v) is 12.8. The minimum atomic E-state index is 0.226. The molecule has 2 nitrogen and oxygen atoms in total. The molecule has 0 aromatic heterocycles. The van der Waals surface area contributed by atoms with E-state index in [1.807, 2.05) is 0 Å². The van der Waals surface area contributed by atoms with Crippen LogP contribution in [0.4, 0.5) is 0 Å². The summed E-state index contributed by atoms with van der Waals surface area (Å²) in [5, 5.41) is 3.85. The van der Waals surface area contributed by atoms with Crippen LogP contribution in [0, 0.1) is 0 Å². The highest BCUT2D eigenvalue weighted by atomic mass is 35.5. The van der Waals surface area contributed by atoms with E-state index in [1.54, 1.807) is 5.54 Å². The Balaban J connectivity index is 2.08. The molecule has 1 heterocycles. The number of nitrogens with zero attached hydrogens (tertiary/aromatic N) is 1. The monoisotopic (exact) mass is 270 g/mol. The molecule has 2 fully saturated rings. The van der Waals surface area contributed by atoms with Gasteiger partial charge in [0.15, 0.2) is 0 Å². The van der Waals surface area contributed by atoms with Gasteiger partial charge in [-0.2, -0.15) is 0 Å². The summed E-state index contributed by atoms with van der Waals surface area (Å²) in [6, 6.07) is 0. The zero-order chi connectivity index (χ0) is 13.2. The second-order valence-electron chi connectivity index (χ2n) is 6.82. The van der Waals surface area contributed by atoms with Crippen LogP contribution >= 0.6 is 11.6 Å². The Morgan fingerprint density at radius 2 is 1.94 bits per heavy atom. The molecule has 1 N–H and O–H groups in total. The fourth-order valence-corrected chi connectivity index (χ4v) is 3.39.